The van der Waals surface area contributed by atoms with Crippen molar-refractivity contribution in [1.29, 1.82) is 0 Å². The molecule has 0 aromatic heterocycles. The fourth-order valence-corrected chi connectivity index (χ4v) is 6.92. The van der Waals surface area contributed by atoms with Crippen LogP contribution < -0.4 is 5.32 Å². The molecule has 0 aliphatic carbocycles. The van der Waals surface area contributed by atoms with Crippen molar-refractivity contribution in [1.82, 2.24) is 9.80 Å². The fourth-order valence-electron chi connectivity index (χ4n) is 6.92. The van der Waals surface area contributed by atoms with Crippen molar-refractivity contribution < 1.29 is 38.5 Å². The highest BCUT2D eigenvalue weighted by Gasteiger charge is 2.40. The van der Waals surface area contributed by atoms with Gasteiger partial charge in [0.25, 0.3) is 0 Å². The molecule has 2 heterocycles. The summed E-state index contributed by atoms with van der Waals surface area (Å²) in [5, 5.41) is 13.0. The molecule has 286 valence electrons. The Morgan fingerprint density at radius 1 is 0.692 bits per heavy atom. The van der Waals surface area contributed by atoms with Crippen molar-refractivity contribution in [2.45, 2.75) is 111 Å². The van der Waals surface area contributed by atoms with Gasteiger partial charge in [-0.3, -0.25) is 9.59 Å². The molecule has 2 aromatic rings. The molecule has 2 fully saturated rings. The number of amides is 2. The molecule has 0 bridgehead atoms. The molecule has 2 amide bonds. The zero-order chi connectivity index (χ0) is 38.4. The molecule has 4 atom stereocenters. The third kappa shape index (κ3) is 12.4. The molecule has 2 unspecified atom stereocenters. The average molecular weight is 722 g/mol. The van der Waals surface area contributed by atoms with Gasteiger partial charge < -0.3 is 34.4 Å². The molecule has 2 aliphatic rings. The predicted molar refractivity (Wildman–Crippen MR) is 200 cm³/mol. The van der Waals surface area contributed by atoms with E-state index in [0.717, 1.165) is 22.4 Å². The first-order chi connectivity index (χ1) is 24.2. The number of carboxylic acid groups (broad SMARTS) is 1. The monoisotopic (exact) mass is 721 g/mol. The summed E-state index contributed by atoms with van der Waals surface area (Å²) in [4.78, 5) is 54.4. The van der Waals surface area contributed by atoms with Crippen LogP contribution in [0.3, 0.4) is 0 Å². The number of esters is 2. The Morgan fingerprint density at radius 3 is 1.65 bits per heavy atom. The van der Waals surface area contributed by atoms with Gasteiger partial charge in [0.2, 0.25) is 0 Å². The van der Waals surface area contributed by atoms with E-state index in [1.54, 1.807) is 4.90 Å². The number of hydrogen-bond acceptors (Lipinski definition) is 8. The SMILES string of the molecule is CC(C)(C)OC(=O)C(Cc1cccc(CNc2cccc(CC(C(=O)OC(C)(C)C)[C@H]3CCN(C(=O)OC(C)(C)C)C3)c2)c1)[C@H]1CCN(C(=O)O)C1. The van der Waals surface area contributed by atoms with Crippen molar-refractivity contribution >= 4 is 29.8 Å². The van der Waals surface area contributed by atoms with E-state index in [9.17, 15) is 24.3 Å². The quantitative estimate of drug-likeness (QED) is 0.178. The van der Waals surface area contributed by atoms with Crippen molar-refractivity contribution in [2.75, 3.05) is 31.5 Å². The predicted octanol–water partition coefficient (Wildman–Crippen LogP) is 7.56. The molecule has 0 spiro atoms. The highest BCUT2D eigenvalue weighted by Crippen LogP contribution is 2.32. The van der Waals surface area contributed by atoms with Crippen LogP contribution in [0.1, 0.15) is 91.8 Å². The molecule has 2 aliphatic heterocycles. The van der Waals surface area contributed by atoms with Gasteiger partial charge in [-0.05, 0) is 129 Å². The standard InChI is InChI=1S/C41H59N3O8/c1-39(2,3)50-35(45)33(30-16-18-43(25-30)37(47)48)22-27-12-10-14-29(20-27)24-42-32-15-11-13-28(21-32)23-34(36(46)51-40(4,5)6)31-17-19-44(26-31)38(49)52-41(7,8)9/h10-15,20-21,30-31,33-34,42H,16-19,22-26H2,1-9H3,(H,47,48)/t30-,31-,33?,34?/m0/s1. The lowest BCUT2D eigenvalue weighted by atomic mass is 9.85. The summed E-state index contributed by atoms with van der Waals surface area (Å²) >= 11 is 0. The number of benzene rings is 2. The molecule has 2 N–H and O–H groups in total. The van der Waals surface area contributed by atoms with E-state index in [-0.39, 0.29) is 29.9 Å². The van der Waals surface area contributed by atoms with Gasteiger partial charge >= 0.3 is 24.1 Å². The summed E-state index contributed by atoms with van der Waals surface area (Å²) in [6.45, 7) is 18.9. The van der Waals surface area contributed by atoms with Crippen molar-refractivity contribution in [3.63, 3.8) is 0 Å². The molecule has 11 heteroatoms. The molecular weight excluding hydrogens is 662 g/mol. The van der Waals surface area contributed by atoms with Crippen molar-refractivity contribution in [3.05, 3.63) is 65.2 Å². The van der Waals surface area contributed by atoms with Gasteiger partial charge in [-0.25, -0.2) is 9.59 Å². The minimum atomic E-state index is -0.966. The first-order valence-electron chi connectivity index (χ1n) is 18.5. The Kier molecular flexibility index (Phi) is 12.9. The van der Waals surface area contributed by atoms with Crippen molar-refractivity contribution in [3.8, 4) is 0 Å². The van der Waals surface area contributed by atoms with Crippen molar-refractivity contribution in [2.24, 2.45) is 23.7 Å². The molecule has 52 heavy (non-hydrogen) atoms. The molecule has 0 radical (unpaired) electrons. The minimum Gasteiger partial charge on any atom is -0.465 e. The average Bonchev–Trinajstić information content (AvgIpc) is 3.71. The van der Waals surface area contributed by atoms with E-state index in [1.807, 2.05) is 98.7 Å². The third-order valence-electron chi connectivity index (χ3n) is 9.25. The zero-order valence-corrected chi connectivity index (χ0v) is 32.5. The van der Waals surface area contributed by atoms with Crippen LogP contribution in [0.5, 0.6) is 0 Å². The largest absolute Gasteiger partial charge is 0.465 e. The smallest absolute Gasteiger partial charge is 0.410 e. The maximum Gasteiger partial charge on any atom is 0.410 e. The zero-order valence-electron chi connectivity index (χ0n) is 32.5. The van der Waals surface area contributed by atoms with Crippen LogP contribution in [0.15, 0.2) is 48.5 Å². The summed E-state index contributed by atoms with van der Waals surface area (Å²) in [5.41, 5.74) is 2.01. The lowest BCUT2D eigenvalue weighted by molar-refractivity contribution is -0.163. The lowest BCUT2D eigenvalue weighted by Gasteiger charge is -2.28. The molecule has 0 saturated carbocycles. The molecule has 4 rings (SSSR count). The molecular formula is C41H59N3O8. The number of hydrogen-bond donors (Lipinski definition) is 2. The lowest BCUT2D eigenvalue weighted by Crippen LogP contribution is -2.38. The number of nitrogens with one attached hydrogen (secondary N) is 1. The van der Waals surface area contributed by atoms with Crippen LogP contribution in [0.25, 0.3) is 0 Å². The number of carbonyl (C=O) groups excluding carboxylic acids is 3. The summed E-state index contributed by atoms with van der Waals surface area (Å²) in [6, 6.07) is 16.1. The number of anilines is 1. The fraction of sp³-hybridized carbons (Fsp3) is 0.610. The van der Waals surface area contributed by atoms with Crippen LogP contribution in [0, 0.1) is 23.7 Å². The number of carbonyl (C=O) groups is 4. The Hall–Kier alpha value is -4.28. The van der Waals surface area contributed by atoms with E-state index in [2.05, 4.69) is 17.4 Å². The van der Waals surface area contributed by atoms with Gasteiger partial charge in [-0.1, -0.05) is 36.4 Å². The first-order valence-corrected chi connectivity index (χ1v) is 18.5. The maximum absolute atomic E-state index is 13.6. The van der Waals surface area contributed by atoms with Crippen LogP contribution in [-0.2, 0) is 43.2 Å². The second kappa shape index (κ2) is 16.6. The van der Waals surface area contributed by atoms with E-state index >= 15 is 0 Å². The minimum absolute atomic E-state index is 0.0670. The van der Waals surface area contributed by atoms with Gasteiger partial charge in [0.15, 0.2) is 0 Å². The molecule has 2 aromatic carbocycles. The number of likely N-dealkylation sites (tertiary alicyclic amines) is 2. The molecule has 2 saturated heterocycles. The third-order valence-corrected chi connectivity index (χ3v) is 9.25. The Morgan fingerprint density at radius 2 is 1.15 bits per heavy atom. The maximum atomic E-state index is 13.6. The number of ether oxygens (including phenoxy) is 3. The Bertz CT molecular complexity index is 1570. The van der Waals surface area contributed by atoms with Crippen LogP contribution in [0.4, 0.5) is 15.3 Å². The second-order valence-corrected chi connectivity index (χ2v) is 17.3. The van der Waals surface area contributed by atoms with E-state index < -0.39 is 34.7 Å². The van der Waals surface area contributed by atoms with Crippen LogP contribution in [0.2, 0.25) is 0 Å². The number of rotatable bonds is 11. The van der Waals surface area contributed by atoms with E-state index in [1.165, 1.54) is 4.90 Å². The number of nitrogens with zero attached hydrogens (tertiary/aromatic N) is 2. The second-order valence-electron chi connectivity index (χ2n) is 17.3. The summed E-state index contributed by atoms with van der Waals surface area (Å²) < 4.78 is 17.3. The van der Waals surface area contributed by atoms with Gasteiger partial charge in [-0.15, -0.1) is 0 Å². The summed E-state index contributed by atoms with van der Waals surface area (Å²) in [5.74, 6) is -1.65. The van der Waals surface area contributed by atoms with Crippen LogP contribution >= 0.6 is 0 Å². The highest BCUT2D eigenvalue weighted by atomic mass is 16.6. The van der Waals surface area contributed by atoms with Gasteiger partial charge in [-0.2, -0.15) is 0 Å². The Labute approximate surface area is 309 Å². The molecule has 11 nitrogen and oxygen atoms in total. The summed E-state index contributed by atoms with van der Waals surface area (Å²) in [6.07, 6.45) is 0.896. The Balaban J connectivity index is 1.44. The van der Waals surface area contributed by atoms with E-state index in [4.69, 9.17) is 14.2 Å². The summed E-state index contributed by atoms with van der Waals surface area (Å²) in [7, 11) is 0. The van der Waals surface area contributed by atoms with E-state index in [0.29, 0.717) is 58.4 Å². The van der Waals surface area contributed by atoms with Crippen LogP contribution in [-0.4, -0.2) is 82.0 Å². The van der Waals surface area contributed by atoms with Gasteiger partial charge in [0.05, 0.1) is 11.8 Å². The highest BCUT2D eigenvalue weighted by molar-refractivity contribution is 5.75. The normalized spacial score (nSPS) is 19.2. The topological polar surface area (TPSA) is 135 Å². The van der Waals surface area contributed by atoms with Gasteiger partial charge in [0, 0.05) is 38.4 Å². The first kappa shape index (κ1) is 40.5. The van der Waals surface area contributed by atoms with Gasteiger partial charge in [0.1, 0.15) is 16.8 Å².